The second-order valence-corrected chi connectivity index (χ2v) is 6.21. The monoisotopic (exact) mass is 350 g/mol. The van der Waals surface area contributed by atoms with Crippen LogP contribution in [0.15, 0.2) is 6.07 Å². The molecule has 1 amide bonds. The van der Waals surface area contributed by atoms with E-state index in [9.17, 15) is 14.4 Å². The number of hydrogen-bond acceptors (Lipinski definition) is 6. The van der Waals surface area contributed by atoms with E-state index in [1.165, 1.54) is 0 Å². The van der Waals surface area contributed by atoms with E-state index in [1.54, 1.807) is 0 Å². The Morgan fingerprint density at radius 3 is 2.24 bits per heavy atom. The third-order valence-electron chi connectivity index (χ3n) is 4.11. The standard InChI is InChI=1S/C16H22N4O5/c1-9-7-10(2)18-16(17-9)20-5-3-11(4-6-20)14(23)19-12(15(24)25)8-13(21)22/h7,11-12H,3-6,8H2,1-2H3,(H,19,23)(H,21,22)(H,24,25). The zero-order valence-corrected chi connectivity index (χ0v) is 14.2. The summed E-state index contributed by atoms with van der Waals surface area (Å²) in [6.45, 7) is 4.95. The van der Waals surface area contributed by atoms with Gasteiger partial charge in [-0.3, -0.25) is 9.59 Å². The second-order valence-electron chi connectivity index (χ2n) is 6.21. The van der Waals surface area contributed by atoms with Gasteiger partial charge in [-0.1, -0.05) is 0 Å². The Balaban J connectivity index is 1.93. The van der Waals surface area contributed by atoms with E-state index in [-0.39, 0.29) is 5.92 Å². The fraction of sp³-hybridized carbons (Fsp3) is 0.562. The van der Waals surface area contributed by atoms with Crippen LogP contribution in [0.25, 0.3) is 0 Å². The average molecular weight is 350 g/mol. The van der Waals surface area contributed by atoms with Crippen molar-refractivity contribution in [1.29, 1.82) is 0 Å². The molecule has 0 aliphatic carbocycles. The smallest absolute Gasteiger partial charge is 0.326 e. The lowest BCUT2D eigenvalue weighted by Gasteiger charge is -2.32. The lowest BCUT2D eigenvalue weighted by molar-refractivity contribution is -0.147. The summed E-state index contributed by atoms with van der Waals surface area (Å²) in [6.07, 6.45) is 0.416. The third-order valence-corrected chi connectivity index (χ3v) is 4.11. The number of aryl methyl sites for hydroxylation is 2. The van der Waals surface area contributed by atoms with Crippen LogP contribution < -0.4 is 10.2 Å². The summed E-state index contributed by atoms with van der Waals surface area (Å²) in [5, 5.41) is 20.1. The number of carboxylic acids is 2. The van der Waals surface area contributed by atoms with Gasteiger partial charge in [0.05, 0.1) is 6.42 Å². The molecule has 1 aliphatic heterocycles. The minimum absolute atomic E-state index is 0.349. The Bertz CT molecular complexity index is 650. The Morgan fingerprint density at radius 2 is 1.76 bits per heavy atom. The second kappa shape index (κ2) is 7.91. The number of carboxylic acid groups (broad SMARTS) is 2. The molecule has 3 N–H and O–H groups in total. The Morgan fingerprint density at radius 1 is 1.20 bits per heavy atom. The number of hydrogen-bond donors (Lipinski definition) is 3. The van der Waals surface area contributed by atoms with E-state index in [4.69, 9.17) is 10.2 Å². The van der Waals surface area contributed by atoms with E-state index >= 15 is 0 Å². The van der Waals surface area contributed by atoms with E-state index in [0.717, 1.165) is 11.4 Å². The molecule has 0 aromatic carbocycles. The normalized spacial score (nSPS) is 16.3. The number of nitrogens with zero attached hydrogens (tertiary/aromatic N) is 3. The summed E-state index contributed by atoms with van der Waals surface area (Å²) in [4.78, 5) is 44.8. The highest BCUT2D eigenvalue weighted by molar-refractivity contribution is 5.87. The molecule has 9 nitrogen and oxygen atoms in total. The molecule has 9 heteroatoms. The van der Waals surface area contributed by atoms with Gasteiger partial charge >= 0.3 is 11.9 Å². The summed E-state index contributed by atoms with van der Waals surface area (Å²) in [7, 11) is 0. The van der Waals surface area contributed by atoms with Crippen LogP contribution in [-0.4, -0.2) is 57.2 Å². The fourth-order valence-corrected chi connectivity index (χ4v) is 2.85. The van der Waals surface area contributed by atoms with Crippen LogP contribution in [0.2, 0.25) is 0 Å². The zero-order chi connectivity index (χ0) is 18.6. The highest BCUT2D eigenvalue weighted by atomic mass is 16.4. The maximum absolute atomic E-state index is 12.2. The number of aliphatic carboxylic acids is 2. The van der Waals surface area contributed by atoms with Crippen molar-refractivity contribution in [2.24, 2.45) is 5.92 Å². The van der Waals surface area contributed by atoms with Crippen LogP contribution in [0.4, 0.5) is 5.95 Å². The first-order valence-corrected chi connectivity index (χ1v) is 8.08. The van der Waals surface area contributed by atoms with Gasteiger partial charge in [-0.15, -0.1) is 0 Å². The van der Waals surface area contributed by atoms with E-state index in [2.05, 4.69) is 15.3 Å². The molecule has 1 aliphatic rings. The van der Waals surface area contributed by atoms with Gasteiger partial charge in [0.2, 0.25) is 11.9 Å². The summed E-state index contributed by atoms with van der Waals surface area (Å²) >= 11 is 0. The van der Waals surface area contributed by atoms with Crippen molar-refractivity contribution in [2.75, 3.05) is 18.0 Å². The number of nitrogens with one attached hydrogen (secondary N) is 1. The third kappa shape index (κ3) is 5.13. The molecule has 1 unspecified atom stereocenters. The molecule has 0 spiro atoms. The number of amides is 1. The molecule has 1 aromatic heterocycles. The minimum Gasteiger partial charge on any atom is -0.481 e. The van der Waals surface area contributed by atoms with Crippen LogP contribution in [0.5, 0.6) is 0 Å². The van der Waals surface area contributed by atoms with Crippen molar-refractivity contribution >= 4 is 23.8 Å². The number of carbonyl (C=O) groups is 3. The number of carbonyl (C=O) groups excluding carboxylic acids is 1. The zero-order valence-electron chi connectivity index (χ0n) is 14.2. The van der Waals surface area contributed by atoms with Crippen LogP contribution in [0, 0.1) is 19.8 Å². The molecular weight excluding hydrogens is 328 g/mol. The van der Waals surface area contributed by atoms with E-state index in [0.29, 0.717) is 31.9 Å². The molecule has 25 heavy (non-hydrogen) atoms. The van der Waals surface area contributed by atoms with E-state index < -0.39 is 30.3 Å². The van der Waals surface area contributed by atoms with Crippen molar-refractivity contribution in [3.63, 3.8) is 0 Å². The summed E-state index contributed by atoms with van der Waals surface area (Å²) in [5.74, 6) is -2.76. The average Bonchev–Trinajstić information content (AvgIpc) is 2.53. The van der Waals surface area contributed by atoms with Crippen molar-refractivity contribution in [1.82, 2.24) is 15.3 Å². The largest absolute Gasteiger partial charge is 0.481 e. The summed E-state index contributed by atoms with van der Waals surface area (Å²) < 4.78 is 0. The summed E-state index contributed by atoms with van der Waals surface area (Å²) in [6, 6.07) is 0.476. The van der Waals surface area contributed by atoms with Crippen molar-refractivity contribution in [3.8, 4) is 0 Å². The number of aromatic nitrogens is 2. The maximum atomic E-state index is 12.2. The van der Waals surface area contributed by atoms with Gasteiger partial charge in [-0.25, -0.2) is 14.8 Å². The van der Waals surface area contributed by atoms with Gasteiger partial charge in [0.25, 0.3) is 0 Å². The minimum atomic E-state index is -1.41. The Kier molecular flexibility index (Phi) is 5.89. The molecule has 136 valence electrons. The molecule has 1 atom stereocenters. The highest BCUT2D eigenvalue weighted by Crippen LogP contribution is 2.21. The van der Waals surface area contributed by atoms with Crippen LogP contribution in [0.3, 0.4) is 0 Å². The quantitative estimate of drug-likeness (QED) is 0.669. The number of anilines is 1. The first-order valence-electron chi connectivity index (χ1n) is 8.08. The molecular formula is C16H22N4O5. The lowest BCUT2D eigenvalue weighted by atomic mass is 9.95. The van der Waals surface area contributed by atoms with Gasteiger partial charge < -0.3 is 20.4 Å². The van der Waals surface area contributed by atoms with Crippen LogP contribution >= 0.6 is 0 Å². The molecule has 2 heterocycles. The van der Waals surface area contributed by atoms with Crippen molar-refractivity contribution < 1.29 is 24.6 Å². The fourth-order valence-electron chi connectivity index (χ4n) is 2.85. The van der Waals surface area contributed by atoms with Gasteiger partial charge in [0, 0.05) is 30.4 Å². The molecule has 0 saturated carbocycles. The molecule has 2 rings (SSSR count). The molecule has 0 radical (unpaired) electrons. The number of piperidine rings is 1. The van der Waals surface area contributed by atoms with Gasteiger partial charge in [-0.05, 0) is 32.8 Å². The van der Waals surface area contributed by atoms with Crippen molar-refractivity contribution in [2.45, 2.75) is 39.2 Å². The van der Waals surface area contributed by atoms with E-state index in [1.807, 2.05) is 24.8 Å². The lowest BCUT2D eigenvalue weighted by Crippen LogP contribution is -2.47. The van der Waals surface area contributed by atoms with Crippen LogP contribution in [-0.2, 0) is 14.4 Å². The molecule has 1 saturated heterocycles. The topological polar surface area (TPSA) is 133 Å². The van der Waals surface area contributed by atoms with Gasteiger partial charge in [-0.2, -0.15) is 0 Å². The maximum Gasteiger partial charge on any atom is 0.326 e. The number of rotatable bonds is 6. The first kappa shape index (κ1) is 18.6. The first-order chi connectivity index (χ1) is 11.8. The SMILES string of the molecule is Cc1cc(C)nc(N2CCC(C(=O)NC(CC(=O)O)C(=O)O)CC2)n1. The highest BCUT2D eigenvalue weighted by Gasteiger charge is 2.30. The Labute approximate surface area is 145 Å². The predicted molar refractivity (Wildman–Crippen MR) is 88.3 cm³/mol. The molecule has 0 bridgehead atoms. The molecule has 1 aromatic rings. The van der Waals surface area contributed by atoms with Gasteiger partial charge in [0.15, 0.2) is 0 Å². The van der Waals surface area contributed by atoms with Gasteiger partial charge in [0.1, 0.15) is 6.04 Å². The molecule has 1 fully saturated rings. The van der Waals surface area contributed by atoms with Crippen LogP contribution in [0.1, 0.15) is 30.7 Å². The van der Waals surface area contributed by atoms with Crippen molar-refractivity contribution in [3.05, 3.63) is 17.5 Å². The summed E-state index contributed by atoms with van der Waals surface area (Å²) in [5.41, 5.74) is 1.75. The predicted octanol–water partition coefficient (Wildman–Crippen LogP) is 0.354. The Hall–Kier alpha value is -2.71.